The Bertz CT molecular complexity index is 1400. The fraction of sp³-hybridized carbons (Fsp3) is 0.292. The van der Waals surface area contributed by atoms with Crippen LogP contribution >= 0.6 is 11.8 Å². The van der Waals surface area contributed by atoms with Crippen molar-refractivity contribution >= 4 is 28.6 Å². The average molecular weight is 462 g/mol. The van der Waals surface area contributed by atoms with Crippen molar-refractivity contribution in [2.24, 2.45) is 0 Å². The van der Waals surface area contributed by atoms with E-state index in [0.29, 0.717) is 41.1 Å². The Morgan fingerprint density at radius 3 is 2.76 bits per heavy atom. The van der Waals surface area contributed by atoms with Gasteiger partial charge in [-0.1, -0.05) is 30.0 Å². The third-order valence-corrected chi connectivity index (χ3v) is 6.93. The molecule has 1 saturated heterocycles. The zero-order valence-corrected chi connectivity index (χ0v) is 19.3. The molecule has 0 atom stereocenters. The molecule has 5 rings (SSSR count). The molecule has 4 aromatic rings. The van der Waals surface area contributed by atoms with Crippen LogP contribution in [0.4, 0.5) is 0 Å². The largest absolute Gasteiger partial charge is 0.422 e. The van der Waals surface area contributed by atoms with E-state index in [-0.39, 0.29) is 11.5 Å². The molecule has 33 heavy (non-hydrogen) atoms. The highest BCUT2D eigenvalue weighted by Gasteiger charge is 2.24. The summed E-state index contributed by atoms with van der Waals surface area (Å²) in [6, 6.07) is 11.2. The number of nitrogens with zero attached hydrogens (tertiary/aromatic N) is 5. The Balaban J connectivity index is 1.50. The van der Waals surface area contributed by atoms with E-state index in [1.807, 2.05) is 48.7 Å². The van der Waals surface area contributed by atoms with Crippen LogP contribution in [0, 0.1) is 13.8 Å². The summed E-state index contributed by atoms with van der Waals surface area (Å²) in [4.78, 5) is 30.7. The molecule has 0 aliphatic carbocycles. The van der Waals surface area contributed by atoms with E-state index in [2.05, 4.69) is 15.2 Å². The van der Waals surface area contributed by atoms with Gasteiger partial charge in [0.2, 0.25) is 5.91 Å². The standard InChI is InChI=1S/C24H23N5O3S/c1-15-8-9-18-17(12-22(31)32-23(18)16(15)2)14-33-24-27-26-20(13-28-11-5-7-21(28)30)29(24)19-6-3-4-10-25-19/h3-4,6,8-10,12H,5,7,11,13-14H2,1-2H3. The number of rotatable bonds is 6. The van der Waals surface area contributed by atoms with Crippen LogP contribution in [0.5, 0.6) is 0 Å². The van der Waals surface area contributed by atoms with Crippen LogP contribution in [0.2, 0.25) is 0 Å². The second-order valence-electron chi connectivity index (χ2n) is 8.10. The number of likely N-dealkylation sites (tertiary alicyclic amines) is 1. The van der Waals surface area contributed by atoms with Crippen LogP contribution in [0.25, 0.3) is 16.8 Å². The van der Waals surface area contributed by atoms with Crippen LogP contribution in [0.1, 0.15) is 35.4 Å². The Labute approximate surface area is 194 Å². The first-order valence-electron chi connectivity index (χ1n) is 10.8. The molecule has 4 heterocycles. The van der Waals surface area contributed by atoms with Gasteiger partial charge in [-0.3, -0.25) is 9.36 Å². The van der Waals surface area contributed by atoms with Crippen molar-refractivity contribution in [1.29, 1.82) is 0 Å². The molecular weight excluding hydrogens is 438 g/mol. The zero-order valence-electron chi connectivity index (χ0n) is 18.4. The summed E-state index contributed by atoms with van der Waals surface area (Å²) in [5, 5.41) is 10.4. The Morgan fingerprint density at radius 1 is 1.12 bits per heavy atom. The second-order valence-corrected chi connectivity index (χ2v) is 9.05. The first kappa shape index (κ1) is 21.4. The summed E-state index contributed by atoms with van der Waals surface area (Å²) in [6.07, 6.45) is 3.15. The van der Waals surface area contributed by atoms with E-state index in [1.54, 1.807) is 11.1 Å². The van der Waals surface area contributed by atoms with Crippen molar-refractivity contribution in [3.8, 4) is 5.82 Å². The van der Waals surface area contributed by atoms with E-state index in [4.69, 9.17) is 4.42 Å². The molecule has 0 unspecified atom stereocenters. The number of carbonyl (C=O) groups is 1. The van der Waals surface area contributed by atoms with Crippen molar-refractivity contribution < 1.29 is 9.21 Å². The number of hydrogen-bond donors (Lipinski definition) is 0. The van der Waals surface area contributed by atoms with Gasteiger partial charge in [-0.2, -0.15) is 0 Å². The lowest BCUT2D eigenvalue weighted by atomic mass is 10.0. The summed E-state index contributed by atoms with van der Waals surface area (Å²) < 4.78 is 7.39. The number of aromatic nitrogens is 4. The van der Waals surface area contributed by atoms with Gasteiger partial charge in [0.25, 0.3) is 0 Å². The second kappa shape index (κ2) is 8.82. The predicted octanol–water partition coefficient (Wildman–Crippen LogP) is 3.80. The molecule has 9 heteroatoms. The normalized spacial score (nSPS) is 13.9. The molecule has 0 spiro atoms. The lowest BCUT2D eigenvalue weighted by molar-refractivity contribution is -0.128. The molecule has 168 valence electrons. The maximum absolute atomic E-state index is 12.2. The van der Waals surface area contributed by atoms with Crippen molar-refractivity contribution in [3.05, 3.63) is 75.5 Å². The number of aryl methyl sites for hydroxylation is 2. The van der Waals surface area contributed by atoms with Gasteiger partial charge in [-0.25, -0.2) is 9.78 Å². The van der Waals surface area contributed by atoms with Gasteiger partial charge in [0.15, 0.2) is 11.0 Å². The van der Waals surface area contributed by atoms with Crippen molar-refractivity contribution in [2.75, 3.05) is 6.54 Å². The molecule has 1 fully saturated rings. The minimum absolute atomic E-state index is 0.132. The highest BCUT2D eigenvalue weighted by atomic mass is 32.2. The summed E-state index contributed by atoms with van der Waals surface area (Å²) in [6.45, 7) is 5.07. The molecule has 1 aliphatic rings. The zero-order chi connectivity index (χ0) is 22.9. The number of fused-ring (bicyclic) bond motifs is 1. The first-order chi connectivity index (χ1) is 16.0. The van der Waals surface area contributed by atoms with Crippen molar-refractivity contribution in [3.63, 3.8) is 0 Å². The van der Waals surface area contributed by atoms with E-state index in [9.17, 15) is 9.59 Å². The Kier molecular flexibility index (Phi) is 5.72. The minimum Gasteiger partial charge on any atom is -0.422 e. The lowest BCUT2D eigenvalue weighted by Gasteiger charge is -2.16. The average Bonchev–Trinajstić information content (AvgIpc) is 3.41. The summed E-state index contributed by atoms with van der Waals surface area (Å²) in [7, 11) is 0. The molecule has 1 amide bonds. The fourth-order valence-corrected chi connectivity index (χ4v) is 4.99. The summed E-state index contributed by atoms with van der Waals surface area (Å²) in [5.41, 5.74) is 3.17. The maximum atomic E-state index is 12.2. The minimum atomic E-state index is -0.369. The highest BCUT2D eigenvalue weighted by Crippen LogP contribution is 2.30. The molecule has 0 bridgehead atoms. The molecule has 1 aromatic carbocycles. The summed E-state index contributed by atoms with van der Waals surface area (Å²) >= 11 is 1.47. The summed E-state index contributed by atoms with van der Waals surface area (Å²) in [5.74, 6) is 2.00. The molecule has 8 nitrogen and oxygen atoms in total. The van der Waals surface area contributed by atoms with Crippen molar-refractivity contribution in [1.82, 2.24) is 24.6 Å². The molecular formula is C24H23N5O3S. The van der Waals surface area contributed by atoms with Crippen LogP contribution < -0.4 is 5.63 Å². The number of pyridine rings is 1. The monoisotopic (exact) mass is 461 g/mol. The van der Waals surface area contributed by atoms with E-state index in [0.717, 1.165) is 35.0 Å². The van der Waals surface area contributed by atoms with Gasteiger partial charge >= 0.3 is 5.63 Å². The Hall–Kier alpha value is -3.46. The van der Waals surface area contributed by atoms with E-state index in [1.165, 1.54) is 17.8 Å². The topological polar surface area (TPSA) is 94.1 Å². The number of hydrogen-bond acceptors (Lipinski definition) is 7. The van der Waals surface area contributed by atoms with Crippen LogP contribution in [0.15, 0.2) is 57.0 Å². The van der Waals surface area contributed by atoms with Gasteiger partial charge in [-0.15, -0.1) is 10.2 Å². The quantitative estimate of drug-likeness (QED) is 0.318. The first-order valence-corrected chi connectivity index (χ1v) is 11.8. The van der Waals surface area contributed by atoms with E-state index >= 15 is 0 Å². The van der Waals surface area contributed by atoms with Crippen LogP contribution in [-0.4, -0.2) is 37.1 Å². The number of thioether (sulfide) groups is 1. The number of amides is 1. The molecule has 0 N–H and O–H groups in total. The third kappa shape index (κ3) is 4.16. The molecule has 3 aromatic heterocycles. The third-order valence-electron chi connectivity index (χ3n) is 5.96. The maximum Gasteiger partial charge on any atom is 0.336 e. The van der Waals surface area contributed by atoms with Gasteiger partial charge in [-0.05, 0) is 49.1 Å². The van der Waals surface area contributed by atoms with E-state index < -0.39 is 0 Å². The molecule has 1 aliphatic heterocycles. The fourth-order valence-electron chi connectivity index (χ4n) is 4.04. The van der Waals surface area contributed by atoms with Crippen molar-refractivity contribution in [2.45, 2.75) is 44.1 Å². The SMILES string of the molecule is Cc1ccc2c(CSc3nnc(CN4CCCC4=O)n3-c3ccccn3)cc(=O)oc2c1C. The lowest BCUT2D eigenvalue weighted by Crippen LogP contribution is -2.25. The van der Waals surface area contributed by atoms with Crippen LogP contribution in [0.3, 0.4) is 0 Å². The molecule has 0 radical (unpaired) electrons. The molecule has 0 saturated carbocycles. The van der Waals surface area contributed by atoms with Crippen LogP contribution in [-0.2, 0) is 17.1 Å². The van der Waals surface area contributed by atoms with Gasteiger partial charge in [0.1, 0.15) is 11.4 Å². The van der Waals surface area contributed by atoms with Gasteiger partial charge < -0.3 is 9.32 Å². The number of benzene rings is 1. The smallest absolute Gasteiger partial charge is 0.336 e. The number of carbonyl (C=O) groups excluding carboxylic acids is 1. The predicted molar refractivity (Wildman–Crippen MR) is 125 cm³/mol. The van der Waals surface area contributed by atoms with Gasteiger partial charge in [0, 0.05) is 36.4 Å². The Morgan fingerprint density at radius 2 is 2.00 bits per heavy atom. The van der Waals surface area contributed by atoms with Gasteiger partial charge in [0.05, 0.1) is 6.54 Å². The highest BCUT2D eigenvalue weighted by molar-refractivity contribution is 7.98.